The number of aromatic amines is 1. The molecule has 1 atom stereocenters. The van der Waals surface area contributed by atoms with Crippen molar-refractivity contribution in [3.63, 3.8) is 0 Å². The first-order valence-electron chi connectivity index (χ1n) is 5.73. The lowest BCUT2D eigenvalue weighted by atomic mass is 10.2. The van der Waals surface area contributed by atoms with Crippen LogP contribution in [-0.4, -0.2) is 27.1 Å². The van der Waals surface area contributed by atoms with Crippen molar-refractivity contribution in [2.24, 2.45) is 0 Å². The molecule has 2 rings (SSSR count). The van der Waals surface area contributed by atoms with E-state index >= 15 is 0 Å². The molecule has 0 aliphatic carbocycles. The normalized spacial score (nSPS) is 12.8. The lowest BCUT2D eigenvalue weighted by Crippen LogP contribution is -2.21. The molecule has 0 unspecified atom stereocenters. The van der Waals surface area contributed by atoms with Gasteiger partial charge in [0.15, 0.2) is 6.10 Å². The Kier molecular flexibility index (Phi) is 3.68. The molecule has 0 amide bonds. The minimum Gasteiger partial charge on any atom is -0.479 e. The standard InChI is InChI=1S/C12H14N2O4S/c1-5-7(3)19-11-9(5)10(15)13-8(14-11)4-18-6(2)12(16)17/h6H,4H2,1-3H3,(H,16,17)(H,13,14,15)/t6-/m0/s1. The van der Waals surface area contributed by atoms with Gasteiger partial charge in [-0.05, 0) is 26.3 Å². The second kappa shape index (κ2) is 5.10. The molecule has 0 bridgehead atoms. The van der Waals surface area contributed by atoms with Gasteiger partial charge in [0.25, 0.3) is 5.56 Å². The number of H-pyrrole nitrogens is 1. The summed E-state index contributed by atoms with van der Waals surface area (Å²) in [7, 11) is 0. The van der Waals surface area contributed by atoms with Crippen molar-refractivity contribution < 1.29 is 14.6 Å². The summed E-state index contributed by atoms with van der Waals surface area (Å²) in [5.41, 5.74) is 0.716. The van der Waals surface area contributed by atoms with E-state index in [1.165, 1.54) is 18.3 Å². The highest BCUT2D eigenvalue weighted by molar-refractivity contribution is 7.18. The predicted octanol–water partition coefficient (Wildman–Crippen LogP) is 1.59. The van der Waals surface area contributed by atoms with Crippen LogP contribution in [0, 0.1) is 13.8 Å². The van der Waals surface area contributed by atoms with E-state index in [2.05, 4.69) is 9.97 Å². The van der Waals surface area contributed by atoms with Crippen LogP contribution in [0.15, 0.2) is 4.79 Å². The van der Waals surface area contributed by atoms with Gasteiger partial charge in [0, 0.05) is 4.88 Å². The number of carboxylic acid groups (broad SMARTS) is 1. The SMILES string of the molecule is Cc1sc2nc(CO[C@@H](C)C(=O)O)[nH]c(=O)c2c1C. The number of ether oxygens (including phenoxy) is 1. The third-order valence-electron chi connectivity index (χ3n) is 2.91. The number of aromatic nitrogens is 2. The van der Waals surface area contributed by atoms with E-state index in [-0.39, 0.29) is 12.2 Å². The molecule has 0 aliphatic rings. The molecule has 2 N–H and O–H groups in total. The highest BCUT2D eigenvalue weighted by atomic mass is 32.1. The van der Waals surface area contributed by atoms with Crippen molar-refractivity contribution in [2.45, 2.75) is 33.5 Å². The van der Waals surface area contributed by atoms with Crippen LogP contribution in [0.5, 0.6) is 0 Å². The third kappa shape index (κ3) is 2.66. The Morgan fingerprint density at radius 2 is 2.21 bits per heavy atom. The first kappa shape index (κ1) is 13.7. The Labute approximate surface area is 113 Å². The Bertz CT molecular complexity index is 689. The average Bonchev–Trinajstić information content (AvgIpc) is 2.62. The minimum absolute atomic E-state index is 0.0331. The summed E-state index contributed by atoms with van der Waals surface area (Å²) >= 11 is 1.44. The molecule has 6 nitrogen and oxygen atoms in total. The number of aliphatic carboxylic acids is 1. The molecule has 2 aromatic heterocycles. The van der Waals surface area contributed by atoms with E-state index < -0.39 is 12.1 Å². The summed E-state index contributed by atoms with van der Waals surface area (Å²) < 4.78 is 5.10. The monoisotopic (exact) mass is 282 g/mol. The van der Waals surface area contributed by atoms with Crippen LogP contribution >= 0.6 is 11.3 Å². The zero-order valence-corrected chi connectivity index (χ0v) is 11.6. The number of fused-ring (bicyclic) bond motifs is 1. The van der Waals surface area contributed by atoms with E-state index in [0.29, 0.717) is 16.0 Å². The van der Waals surface area contributed by atoms with Crippen LogP contribution in [-0.2, 0) is 16.1 Å². The Balaban J connectivity index is 2.31. The predicted molar refractivity (Wildman–Crippen MR) is 71.6 cm³/mol. The quantitative estimate of drug-likeness (QED) is 0.888. The summed E-state index contributed by atoms with van der Waals surface area (Å²) in [5.74, 6) is -0.710. The summed E-state index contributed by atoms with van der Waals surface area (Å²) in [6.07, 6.45) is -0.937. The number of aryl methyl sites for hydroxylation is 2. The molecule has 2 aromatic rings. The second-order valence-corrected chi connectivity index (χ2v) is 5.47. The zero-order chi connectivity index (χ0) is 14.2. The van der Waals surface area contributed by atoms with Crippen molar-refractivity contribution in [3.8, 4) is 0 Å². The third-order valence-corrected chi connectivity index (χ3v) is 4.01. The number of carboxylic acids is 1. The van der Waals surface area contributed by atoms with E-state index in [1.807, 2.05) is 13.8 Å². The van der Waals surface area contributed by atoms with Gasteiger partial charge in [0.05, 0.1) is 5.39 Å². The van der Waals surface area contributed by atoms with Crippen molar-refractivity contribution in [1.29, 1.82) is 0 Å². The summed E-state index contributed by atoms with van der Waals surface area (Å²) in [6.45, 7) is 5.21. The zero-order valence-electron chi connectivity index (χ0n) is 10.8. The first-order valence-corrected chi connectivity index (χ1v) is 6.55. The van der Waals surface area contributed by atoms with Crippen LogP contribution in [0.1, 0.15) is 23.2 Å². The summed E-state index contributed by atoms with van der Waals surface area (Å²) in [5, 5.41) is 9.31. The van der Waals surface area contributed by atoms with Gasteiger partial charge in [-0.3, -0.25) is 4.79 Å². The van der Waals surface area contributed by atoms with Gasteiger partial charge in [-0.1, -0.05) is 0 Å². The fourth-order valence-corrected chi connectivity index (χ4v) is 2.69. The number of hydrogen-bond donors (Lipinski definition) is 2. The van der Waals surface area contributed by atoms with Crippen molar-refractivity contribution >= 4 is 27.5 Å². The molecular weight excluding hydrogens is 268 g/mol. The van der Waals surface area contributed by atoms with Crippen LogP contribution in [0.3, 0.4) is 0 Å². The molecule has 0 fully saturated rings. The van der Waals surface area contributed by atoms with Gasteiger partial charge in [-0.2, -0.15) is 0 Å². The molecule has 7 heteroatoms. The van der Waals surface area contributed by atoms with Crippen LogP contribution in [0.25, 0.3) is 10.2 Å². The Morgan fingerprint density at radius 1 is 1.53 bits per heavy atom. The van der Waals surface area contributed by atoms with E-state index in [4.69, 9.17) is 9.84 Å². The van der Waals surface area contributed by atoms with E-state index in [1.54, 1.807) is 0 Å². The second-order valence-electron chi connectivity index (χ2n) is 4.27. The molecule has 0 aromatic carbocycles. The lowest BCUT2D eigenvalue weighted by Gasteiger charge is -2.07. The molecule has 0 radical (unpaired) electrons. The molecular formula is C12H14N2O4S. The number of thiophene rings is 1. The van der Waals surface area contributed by atoms with Gasteiger partial charge in [-0.25, -0.2) is 9.78 Å². The number of nitrogens with zero attached hydrogens (tertiary/aromatic N) is 1. The largest absolute Gasteiger partial charge is 0.479 e. The molecule has 0 saturated heterocycles. The fourth-order valence-electron chi connectivity index (χ4n) is 1.64. The van der Waals surface area contributed by atoms with Crippen LogP contribution in [0.2, 0.25) is 0 Å². The molecule has 2 heterocycles. The van der Waals surface area contributed by atoms with E-state index in [0.717, 1.165) is 10.4 Å². The molecule has 0 saturated carbocycles. The Morgan fingerprint density at radius 3 is 2.84 bits per heavy atom. The number of nitrogens with one attached hydrogen (secondary N) is 1. The van der Waals surface area contributed by atoms with Crippen molar-refractivity contribution in [1.82, 2.24) is 9.97 Å². The first-order chi connectivity index (χ1) is 8.90. The maximum absolute atomic E-state index is 12.0. The van der Waals surface area contributed by atoms with Gasteiger partial charge in [0.2, 0.25) is 0 Å². The van der Waals surface area contributed by atoms with Crippen LogP contribution in [0.4, 0.5) is 0 Å². The molecule has 19 heavy (non-hydrogen) atoms. The maximum Gasteiger partial charge on any atom is 0.332 e. The smallest absolute Gasteiger partial charge is 0.332 e. The highest BCUT2D eigenvalue weighted by Gasteiger charge is 2.14. The van der Waals surface area contributed by atoms with Gasteiger partial charge in [0.1, 0.15) is 17.3 Å². The lowest BCUT2D eigenvalue weighted by molar-refractivity contribution is -0.150. The molecule has 102 valence electrons. The van der Waals surface area contributed by atoms with Gasteiger partial charge < -0.3 is 14.8 Å². The molecule has 0 aliphatic heterocycles. The fraction of sp³-hybridized carbons (Fsp3) is 0.417. The number of hydrogen-bond acceptors (Lipinski definition) is 5. The molecule has 0 spiro atoms. The van der Waals surface area contributed by atoms with E-state index in [9.17, 15) is 9.59 Å². The topological polar surface area (TPSA) is 92.3 Å². The highest BCUT2D eigenvalue weighted by Crippen LogP contribution is 2.25. The maximum atomic E-state index is 12.0. The number of carbonyl (C=O) groups is 1. The van der Waals surface area contributed by atoms with Crippen molar-refractivity contribution in [2.75, 3.05) is 0 Å². The minimum atomic E-state index is -1.05. The number of rotatable bonds is 4. The van der Waals surface area contributed by atoms with Crippen LogP contribution < -0.4 is 5.56 Å². The van der Waals surface area contributed by atoms with Gasteiger partial charge >= 0.3 is 5.97 Å². The van der Waals surface area contributed by atoms with Gasteiger partial charge in [-0.15, -0.1) is 11.3 Å². The summed E-state index contributed by atoms with van der Waals surface area (Å²) in [6, 6.07) is 0. The Hall–Kier alpha value is -1.73. The summed E-state index contributed by atoms with van der Waals surface area (Å²) in [4.78, 5) is 31.2. The van der Waals surface area contributed by atoms with Crippen molar-refractivity contribution in [3.05, 3.63) is 26.6 Å². The average molecular weight is 282 g/mol.